The fourth-order valence-corrected chi connectivity index (χ4v) is 2.32. The second-order valence-corrected chi connectivity index (χ2v) is 6.38. The first-order valence-corrected chi connectivity index (χ1v) is 7.25. The fourth-order valence-electron chi connectivity index (χ4n) is 0.964. The smallest absolute Gasteiger partial charge is 0.427 e. The van der Waals surface area contributed by atoms with Crippen LogP contribution in [0.4, 0.5) is 0 Å². The van der Waals surface area contributed by atoms with Crippen molar-refractivity contribution in [1.82, 2.24) is 0 Å². The highest BCUT2D eigenvalue weighted by atomic mass is 32.9. The van der Waals surface area contributed by atoms with Crippen LogP contribution in [0.2, 0.25) is 0 Å². The molecule has 1 rings (SSSR count). The molecule has 1 aromatic carbocycles. The summed E-state index contributed by atoms with van der Waals surface area (Å²) in [6, 6.07) is 6.45. The van der Waals surface area contributed by atoms with E-state index in [2.05, 4.69) is 0 Å². The molecule has 88 valence electrons. The van der Waals surface area contributed by atoms with E-state index < -0.39 is 15.0 Å². The second-order valence-electron chi connectivity index (χ2n) is 2.95. The summed E-state index contributed by atoms with van der Waals surface area (Å²) in [4.78, 5) is 10.6. The molecule has 0 amide bonds. The van der Waals surface area contributed by atoms with Gasteiger partial charge in [0.25, 0.3) is 10.3 Å². The molecule has 0 aromatic heterocycles. The van der Waals surface area contributed by atoms with Gasteiger partial charge in [-0.2, -0.15) is 4.21 Å². The molecule has 16 heavy (non-hydrogen) atoms. The van der Waals surface area contributed by atoms with E-state index >= 15 is 0 Å². The molecule has 0 aliphatic carbocycles. The summed E-state index contributed by atoms with van der Waals surface area (Å²) in [6.45, 7) is 1.30. The lowest BCUT2D eigenvalue weighted by Crippen LogP contribution is -2.01. The minimum absolute atomic E-state index is 0.201. The van der Waals surface area contributed by atoms with Gasteiger partial charge in [-0.25, -0.2) is 0 Å². The van der Waals surface area contributed by atoms with Gasteiger partial charge in [-0.1, -0.05) is 0 Å². The molecule has 0 heterocycles. The second kappa shape index (κ2) is 5.35. The Labute approximate surface area is 96.7 Å². The Morgan fingerprint density at radius 3 is 2.38 bits per heavy atom. The van der Waals surface area contributed by atoms with Crippen LogP contribution in [-0.4, -0.2) is 19.3 Å². The van der Waals surface area contributed by atoms with Crippen LogP contribution in [0.15, 0.2) is 24.3 Å². The van der Waals surface area contributed by atoms with Crippen LogP contribution in [0.5, 0.6) is 5.75 Å². The molecule has 0 atom stereocenters. The zero-order valence-corrected chi connectivity index (χ0v) is 10.1. The molecule has 0 radical (unpaired) electrons. The number of hydrogen-bond donors (Lipinski definition) is 2. The van der Waals surface area contributed by atoms with Gasteiger partial charge in [0.2, 0.25) is 5.75 Å². The Balaban J connectivity index is 2.72. The van der Waals surface area contributed by atoms with E-state index in [0.29, 0.717) is 16.1 Å². The molecule has 2 N–H and O–H groups in total. The van der Waals surface area contributed by atoms with Gasteiger partial charge in [0, 0.05) is 12.5 Å². The molecule has 0 unspecified atom stereocenters. The van der Waals surface area contributed by atoms with E-state index in [9.17, 15) is 9.00 Å². The minimum atomic E-state index is -3.77. The summed E-state index contributed by atoms with van der Waals surface area (Å²) in [5.74, 6) is 0.206. The summed E-state index contributed by atoms with van der Waals surface area (Å²) >= 11 is 0. The summed E-state index contributed by atoms with van der Waals surface area (Å²) in [6.07, 6.45) is 0. The number of carbonyl (C=O) groups is 1. The highest BCUT2D eigenvalue weighted by molar-refractivity contribution is 8.33. The van der Waals surface area contributed by atoms with Crippen molar-refractivity contribution < 1.29 is 22.8 Å². The van der Waals surface area contributed by atoms with Crippen molar-refractivity contribution >= 4 is 25.3 Å². The maximum absolute atomic E-state index is 10.6. The van der Waals surface area contributed by atoms with Crippen molar-refractivity contribution in [3.8, 4) is 5.75 Å². The molecular formula is C9H11O5S2+. The lowest BCUT2D eigenvalue weighted by molar-refractivity contribution is -0.131. The molecule has 0 fully saturated rings. The fraction of sp³-hybridized carbons (Fsp3) is 0.222. The molecule has 7 heteroatoms. The first kappa shape index (κ1) is 13.0. The summed E-state index contributed by atoms with van der Waals surface area (Å²) in [5, 5.41) is 0. The van der Waals surface area contributed by atoms with Gasteiger partial charge in [-0.05, 0) is 24.3 Å². The highest BCUT2D eigenvalue weighted by Gasteiger charge is 2.10. The molecule has 5 nitrogen and oxygen atoms in total. The first-order valence-electron chi connectivity index (χ1n) is 4.27. The topological polar surface area (TPSA) is 83.8 Å². The van der Waals surface area contributed by atoms with Crippen molar-refractivity contribution in [3.05, 3.63) is 29.8 Å². The minimum Gasteiger partial charge on any atom is -0.427 e. The number of ether oxygens (including phenoxy) is 1. The van der Waals surface area contributed by atoms with Gasteiger partial charge < -0.3 is 4.74 Å². The van der Waals surface area contributed by atoms with Gasteiger partial charge in [0.1, 0.15) is 5.75 Å². The van der Waals surface area contributed by atoms with Crippen molar-refractivity contribution in [2.75, 3.05) is 0 Å². The molecule has 1 aromatic rings. The number of rotatable bonds is 3. The zero-order valence-electron chi connectivity index (χ0n) is 8.45. The largest absolute Gasteiger partial charge is 0.430 e. The Kier molecular flexibility index (Phi) is 4.36. The first-order chi connectivity index (χ1) is 7.37. The highest BCUT2D eigenvalue weighted by Crippen LogP contribution is 2.12. The van der Waals surface area contributed by atoms with Crippen molar-refractivity contribution in [2.24, 2.45) is 0 Å². The lowest BCUT2D eigenvalue weighted by atomic mass is 10.2. The number of esters is 1. The van der Waals surface area contributed by atoms with E-state index in [4.69, 9.17) is 13.8 Å². The predicted octanol–water partition coefficient (Wildman–Crippen LogP) is 1.34. The SMILES string of the molecule is CC(=O)Oc1ccc(C[S+]=S(=O)(O)O)cc1. The van der Waals surface area contributed by atoms with E-state index in [1.54, 1.807) is 24.3 Å². The lowest BCUT2D eigenvalue weighted by Gasteiger charge is -1.99. The predicted molar refractivity (Wildman–Crippen MR) is 62.2 cm³/mol. The van der Waals surface area contributed by atoms with Crippen molar-refractivity contribution in [3.63, 3.8) is 0 Å². The Morgan fingerprint density at radius 1 is 1.38 bits per heavy atom. The normalized spacial score (nSPS) is 10.9. The van der Waals surface area contributed by atoms with Crippen LogP contribution in [0.3, 0.4) is 0 Å². The number of benzene rings is 1. The summed E-state index contributed by atoms with van der Waals surface area (Å²) < 4.78 is 32.6. The average Bonchev–Trinajstić information content (AvgIpc) is 2.14. The monoisotopic (exact) mass is 263 g/mol. The Hall–Kier alpha value is -1.02. The molecule has 0 aliphatic heterocycles. The van der Waals surface area contributed by atoms with Gasteiger partial charge in [-0.3, -0.25) is 13.9 Å². The Bertz CT molecular complexity index is 477. The molecule has 0 bridgehead atoms. The van der Waals surface area contributed by atoms with Crippen LogP contribution in [0.25, 0.3) is 0 Å². The molecule has 0 aliphatic rings. The van der Waals surface area contributed by atoms with Crippen molar-refractivity contribution in [1.29, 1.82) is 0 Å². The average molecular weight is 263 g/mol. The summed E-state index contributed by atoms with van der Waals surface area (Å²) in [7, 11) is -3.23. The van der Waals surface area contributed by atoms with Crippen LogP contribution in [0, 0.1) is 0 Å². The van der Waals surface area contributed by atoms with E-state index in [1.165, 1.54) is 6.92 Å². The zero-order chi connectivity index (χ0) is 12.2. The van der Waals surface area contributed by atoms with Crippen LogP contribution in [0.1, 0.15) is 12.5 Å². The quantitative estimate of drug-likeness (QED) is 0.488. The van der Waals surface area contributed by atoms with Crippen LogP contribution in [-0.2, 0) is 29.9 Å². The maximum atomic E-state index is 10.6. The van der Waals surface area contributed by atoms with E-state index in [0.717, 1.165) is 5.56 Å². The third-order valence-electron chi connectivity index (χ3n) is 1.56. The maximum Gasteiger partial charge on any atom is 0.430 e. The van der Waals surface area contributed by atoms with Crippen molar-refractivity contribution in [2.45, 2.75) is 12.7 Å². The third kappa shape index (κ3) is 5.17. The van der Waals surface area contributed by atoms with E-state index in [1.807, 2.05) is 0 Å². The Morgan fingerprint density at radius 2 is 1.94 bits per heavy atom. The molecular weight excluding hydrogens is 252 g/mol. The van der Waals surface area contributed by atoms with Gasteiger partial charge in [-0.15, -0.1) is 0 Å². The van der Waals surface area contributed by atoms with Gasteiger partial charge >= 0.3 is 15.0 Å². The van der Waals surface area contributed by atoms with Gasteiger partial charge in [0.05, 0.1) is 0 Å². The molecule has 0 saturated heterocycles. The number of carbonyl (C=O) groups excluding carboxylic acids is 1. The van der Waals surface area contributed by atoms with Gasteiger partial charge in [0.15, 0.2) is 0 Å². The van der Waals surface area contributed by atoms with Crippen LogP contribution >= 0.6 is 0 Å². The summed E-state index contributed by atoms with van der Waals surface area (Å²) in [5.41, 5.74) is 0.747. The van der Waals surface area contributed by atoms with Crippen LogP contribution < -0.4 is 4.74 Å². The molecule has 0 saturated carbocycles. The standard InChI is InChI=1S/C9H10O5S2/c1-7(10)14-9-4-2-8(3-5-9)6-15-16(11,12)13/h2-5H,6H2,1H3,(H-,11,12,13)/p+1. The van der Waals surface area contributed by atoms with E-state index in [-0.39, 0.29) is 5.75 Å². The third-order valence-corrected chi connectivity index (χ3v) is 3.60. The number of hydrogen-bond acceptors (Lipinski definition) is 3. The molecule has 0 spiro atoms.